The molecule has 0 radical (unpaired) electrons. The first kappa shape index (κ1) is 18.4. The number of rotatable bonds is 6. The van der Waals surface area contributed by atoms with Gasteiger partial charge in [-0.2, -0.15) is 0 Å². The summed E-state index contributed by atoms with van der Waals surface area (Å²) >= 11 is 0. The predicted octanol–water partition coefficient (Wildman–Crippen LogP) is 1.06. The van der Waals surface area contributed by atoms with E-state index in [1.54, 1.807) is 23.0 Å². The van der Waals surface area contributed by atoms with Gasteiger partial charge in [0.1, 0.15) is 6.04 Å². The zero-order valence-corrected chi connectivity index (χ0v) is 14.8. The number of amides is 2. The molecule has 1 aromatic heterocycles. The number of carbonyl (C=O) groups excluding carboxylic acids is 2. The van der Waals surface area contributed by atoms with Crippen LogP contribution in [0, 0.1) is 5.92 Å². The summed E-state index contributed by atoms with van der Waals surface area (Å²) in [7, 11) is 1.79. The molecule has 0 aliphatic carbocycles. The van der Waals surface area contributed by atoms with Crippen LogP contribution < -0.4 is 5.73 Å². The molecule has 2 rings (SSSR count). The molecule has 0 bridgehead atoms. The molecule has 1 aliphatic rings. The van der Waals surface area contributed by atoms with Crippen LogP contribution in [0.5, 0.6) is 0 Å². The molecule has 0 saturated carbocycles. The van der Waals surface area contributed by atoms with Gasteiger partial charge in [-0.1, -0.05) is 19.9 Å². The molecule has 24 heavy (non-hydrogen) atoms. The van der Waals surface area contributed by atoms with Crippen LogP contribution in [-0.4, -0.2) is 58.8 Å². The third-order valence-electron chi connectivity index (χ3n) is 4.63. The molecule has 0 unspecified atom stereocenters. The summed E-state index contributed by atoms with van der Waals surface area (Å²) in [4.78, 5) is 32.9. The smallest absolute Gasteiger partial charge is 0.245 e. The molecule has 2 atom stereocenters. The molecule has 0 aromatic carbocycles. The van der Waals surface area contributed by atoms with Crippen molar-refractivity contribution in [2.75, 3.05) is 20.1 Å². The van der Waals surface area contributed by atoms with Gasteiger partial charge >= 0.3 is 0 Å². The molecule has 0 spiro atoms. The van der Waals surface area contributed by atoms with Crippen LogP contribution in [0.3, 0.4) is 0 Å². The van der Waals surface area contributed by atoms with E-state index in [2.05, 4.69) is 4.98 Å². The van der Waals surface area contributed by atoms with Crippen LogP contribution in [0.1, 0.15) is 32.4 Å². The van der Waals surface area contributed by atoms with E-state index in [9.17, 15) is 9.59 Å². The number of hydrogen-bond acceptors (Lipinski definition) is 4. The summed E-state index contributed by atoms with van der Waals surface area (Å²) in [5.41, 5.74) is 6.95. The number of nitrogens with two attached hydrogens (primary N) is 1. The predicted molar refractivity (Wildman–Crippen MR) is 93.1 cm³/mol. The van der Waals surface area contributed by atoms with Gasteiger partial charge in [0.25, 0.3) is 0 Å². The standard InChI is InChI=1S/C18H28N4O2/c1-13(2)16(19)18(24)22-11-6-8-15(22)17(23)21(3)12-9-14-7-4-5-10-20-14/h4-5,7,10,13,15-16H,6,8-9,11-12,19H2,1-3H3/t15-,16-/m0/s1. The second-order valence-corrected chi connectivity index (χ2v) is 6.79. The first-order valence-corrected chi connectivity index (χ1v) is 8.62. The van der Waals surface area contributed by atoms with Crippen LogP contribution in [0.15, 0.2) is 24.4 Å². The minimum atomic E-state index is -0.544. The van der Waals surface area contributed by atoms with Gasteiger partial charge in [-0.25, -0.2) is 0 Å². The van der Waals surface area contributed by atoms with Gasteiger partial charge in [-0.05, 0) is 30.9 Å². The topological polar surface area (TPSA) is 79.5 Å². The van der Waals surface area contributed by atoms with Gasteiger partial charge in [-0.15, -0.1) is 0 Å². The lowest BCUT2D eigenvalue weighted by Crippen LogP contribution is -2.53. The maximum atomic E-state index is 12.7. The molecular weight excluding hydrogens is 304 g/mol. The third kappa shape index (κ3) is 4.32. The summed E-state index contributed by atoms with van der Waals surface area (Å²) in [5, 5.41) is 0. The van der Waals surface area contributed by atoms with E-state index < -0.39 is 6.04 Å². The molecule has 132 valence electrons. The Morgan fingerprint density at radius 1 is 1.42 bits per heavy atom. The second kappa shape index (κ2) is 8.24. The Labute approximate surface area is 144 Å². The average molecular weight is 332 g/mol. The van der Waals surface area contributed by atoms with Crippen molar-refractivity contribution in [2.45, 2.75) is 45.2 Å². The lowest BCUT2D eigenvalue weighted by atomic mass is 10.0. The number of hydrogen-bond donors (Lipinski definition) is 1. The van der Waals surface area contributed by atoms with Crippen LogP contribution in [0.4, 0.5) is 0 Å². The van der Waals surface area contributed by atoms with Crippen molar-refractivity contribution in [3.63, 3.8) is 0 Å². The lowest BCUT2D eigenvalue weighted by molar-refractivity contribution is -0.144. The zero-order valence-electron chi connectivity index (χ0n) is 14.8. The zero-order chi connectivity index (χ0) is 17.7. The molecule has 2 amide bonds. The van der Waals surface area contributed by atoms with Crippen LogP contribution in [-0.2, 0) is 16.0 Å². The van der Waals surface area contributed by atoms with E-state index >= 15 is 0 Å². The van der Waals surface area contributed by atoms with Gasteiger partial charge in [0, 0.05) is 38.4 Å². The summed E-state index contributed by atoms with van der Waals surface area (Å²) < 4.78 is 0. The van der Waals surface area contributed by atoms with Crippen molar-refractivity contribution in [2.24, 2.45) is 11.7 Å². The highest BCUT2D eigenvalue weighted by Gasteiger charge is 2.37. The molecular formula is C18H28N4O2. The van der Waals surface area contributed by atoms with Gasteiger partial charge in [-0.3, -0.25) is 14.6 Å². The van der Waals surface area contributed by atoms with Gasteiger partial charge in [0.15, 0.2) is 0 Å². The Morgan fingerprint density at radius 2 is 2.17 bits per heavy atom. The lowest BCUT2D eigenvalue weighted by Gasteiger charge is -2.30. The fourth-order valence-corrected chi connectivity index (χ4v) is 2.96. The van der Waals surface area contributed by atoms with E-state index in [4.69, 9.17) is 5.73 Å². The SMILES string of the molecule is CC(C)[C@H](N)C(=O)N1CCC[C@H]1C(=O)N(C)CCc1ccccn1. The van der Waals surface area contributed by atoms with Crippen LogP contribution in [0.25, 0.3) is 0 Å². The molecule has 1 fully saturated rings. The Kier molecular flexibility index (Phi) is 6.31. The Balaban J connectivity index is 1.95. The van der Waals surface area contributed by atoms with Crippen molar-refractivity contribution in [3.8, 4) is 0 Å². The molecule has 1 aromatic rings. The van der Waals surface area contributed by atoms with Gasteiger partial charge in [0.2, 0.25) is 11.8 Å². The minimum Gasteiger partial charge on any atom is -0.344 e. The molecule has 2 heterocycles. The Bertz CT molecular complexity index is 561. The van der Waals surface area contributed by atoms with Crippen molar-refractivity contribution in [3.05, 3.63) is 30.1 Å². The van der Waals surface area contributed by atoms with E-state index in [1.807, 2.05) is 32.0 Å². The fraction of sp³-hybridized carbons (Fsp3) is 0.611. The number of nitrogens with zero attached hydrogens (tertiary/aromatic N) is 3. The summed E-state index contributed by atoms with van der Waals surface area (Å²) in [6.45, 7) is 5.05. The third-order valence-corrected chi connectivity index (χ3v) is 4.63. The largest absolute Gasteiger partial charge is 0.344 e. The van der Waals surface area contributed by atoms with Crippen LogP contribution >= 0.6 is 0 Å². The van der Waals surface area contributed by atoms with E-state index in [-0.39, 0.29) is 23.8 Å². The molecule has 6 nitrogen and oxygen atoms in total. The molecule has 6 heteroatoms. The Morgan fingerprint density at radius 3 is 2.79 bits per heavy atom. The van der Waals surface area contributed by atoms with Crippen molar-refractivity contribution >= 4 is 11.8 Å². The average Bonchev–Trinajstić information content (AvgIpc) is 3.08. The highest BCUT2D eigenvalue weighted by molar-refractivity contribution is 5.90. The minimum absolute atomic E-state index is 0.00672. The maximum absolute atomic E-state index is 12.7. The highest BCUT2D eigenvalue weighted by atomic mass is 16.2. The summed E-state index contributed by atoms with van der Waals surface area (Å²) in [5.74, 6) is -0.0533. The monoisotopic (exact) mass is 332 g/mol. The van der Waals surface area contributed by atoms with Crippen molar-refractivity contribution in [1.82, 2.24) is 14.8 Å². The number of carbonyl (C=O) groups is 2. The fourth-order valence-electron chi connectivity index (χ4n) is 2.96. The highest BCUT2D eigenvalue weighted by Crippen LogP contribution is 2.21. The second-order valence-electron chi connectivity index (χ2n) is 6.79. The van der Waals surface area contributed by atoms with Crippen molar-refractivity contribution < 1.29 is 9.59 Å². The first-order chi connectivity index (χ1) is 11.4. The van der Waals surface area contributed by atoms with E-state index in [0.29, 0.717) is 25.9 Å². The van der Waals surface area contributed by atoms with Crippen LogP contribution in [0.2, 0.25) is 0 Å². The van der Waals surface area contributed by atoms with E-state index in [1.165, 1.54) is 0 Å². The quantitative estimate of drug-likeness (QED) is 0.845. The van der Waals surface area contributed by atoms with Gasteiger partial charge < -0.3 is 15.5 Å². The number of likely N-dealkylation sites (N-methyl/N-ethyl adjacent to an activating group) is 1. The number of pyridine rings is 1. The molecule has 1 aliphatic heterocycles. The van der Waals surface area contributed by atoms with Crippen molar-refractivity contribution in [1.29, 1.82) is 0 Å². The van der Waals surface area contributed by atoms with Gasteiger partial charge in [0.05, 0.1) is 6.04 Å². The molecule has 1 saturated heterocycles. The normalized spacial score (nSPS) is 18.7. The summed E-state index contributed by atoms with van der Waals surface area (Å²) in [6.07, 6.45) is 4.02. The number of likely N-dealkylation sites (tertiary alicyclic amines) is 1. The van der Waals surface area contributed by atoms with E-state index in [0.717, 1.165) is 12.1 Å². The Hall–Kier alpha value is -1.95. The maximum Gasteiger partial charge on any atom is 0.245 e. The molecule has 2 N–H and O–H groups in total. The summed E-state index contributed by atoms with van der Waals surface area (Å²) in [6, 6.07) is 4.84. The first-order valence-electron chi connectivity index (χ1n) is 8.62. The number of aromatic nitrogens is 1.